The van der Waals surface area contributed by atoms with Crippen LogP contribution in [-0.4, -0.2) is 22.8 Å². The van der Waals surface area contributed by atoms with Gasteiger partial charge in [-0.1, -0.05) is 20.8 Å². The number of carbonyl (C=O) groups is 1. The van der Waals surface area contributed by atoms with Crippen molar-refractivity contribution < 1.29 is 4.79 Å². The summed E-state index contributed by atoms with van der Waals surface area (Å²) in [6.07, 6.45) is 3.61. The summed E-state index contributed by atoms with van der Waals surface area (Å²) >= 11 is 1.54. The molecule has 0 atom stereocenters. The highest BCUT2D eigenvalue weighted by Crippen LogP contribution is 2.19. The number of hydrogen-bond donors (Lipinski definition) is 0. The van der Waals surface area contributed by atoms with E-state index in [0.29, 0.717) is 11.3 Å². The fourth-order valence-corrected chi connectivity index (χ4v) is 1.65. The van der Waals surface area contributed by atoms with Gasteiger partial charge in [-0.2, -0.15) is 11.8 Å². The van der Waals surface area contributed by atoms with Crippen LogP contribution in [0.5, 0.6) is 0 Å². The van der Waals surface area contributed by atoms with Gasteiger partial charge in [0.25, 0.3) is 0 Å². The lowest BCUT2D eigenvalue weighted by Gasteiger charge is -2.17. The molecule has 2 nitrogen and oxygen atoms in total. The Balaban J connectivity index is 2.86. The quantitative estimate of drug-likeness (QED) is 0.738. The minimum atomic E-state index is 0.0427. The van der Waals surface area contributed by atoms with Crippen LogP contribution in [0.1, 0.15) is 36.8 Å². The monoisotopic (exact) mass is 223 g/mol. The topological polar surface area (TPSA) is 30.0 Å². The summed E-state index contributed by atoms with van der Waals surface area (Å²) in [7, 11) is 0. The van der Waals surface area contributed by atoms with E-state index < -0.39 is 0 Å². The molecule has 0 amide bonds. The van der Waals surface area contributed by atoms with E-state index in [2.05, 4.69) is 25.8 Å². The van der Waals surface area contributed by atoms with Crippen molar-refractivity contribution in [1.29, 1.82) is 0 Å². The molecule has 1 heterocycles. The van der Waals surface area contributed by atoms with Crippen molar-refractivity contribution in [2.24, 2.45) is 0 Å². The molecule has 1 rings (SSSR count). The van der Waals surface area contributed by atoms with Crippen LogP contribution in [0.4, 0.5) is 0 Å². The first kappa shape index (κ1) is 12.2. The minimum absolute atomic E-state index is 0.0427. The van der Waals surface area contributed by atoms with Crippen LogP contribution in [0.3, 0.4) is 0 Å². The first-order valence-corrected chi connectivity index (χ1v) is 6.33. The third-order valence-electron chi connectivity index (χ3n) is 2.13. The minimum Gasteiger partial charge on any atom is -0.293 e. The summed E-state index contributed by atoms with van der Waals surface area (Å²) in [5, 5.41) is 0. The molecular formula is C12H17NOS. The van der Waals surface area contributed by atoms with E-state index in [0.717, 1.165) is 5.69 Å². The third-order valence-corrected chi connectivity index (χ3v) is 2.68. The Hall–Kier alpha value is -0.830. The maximum Gasteiger partial charge on any atom is 0.174 e. The summed E-state index contributed by atoms with van der Waals surface area (Å²) < 4.78 is 0. The maximum atomic E-state index is 11.5. The van der Waals surface area contributed by atoms with E-state index in [1.165, 1.54) is 11.8 Å². The molecule has 0 saturated heterocycles. The van der Waals surface area contributed by atoms with E-state index in [4.69, 9.17) is 0 Å². The standard InChI is InChI=1S/C12H17NOS/c1-12(2,3)11-6-5-9(7-13-11)10(14)8-15-4/h5-7H,8H2,1-4H3. The first-order chi connectivity index (χ1) is 6.95. The van der Waals surface area contributed by atoms with Gasteiger partial charge in [-0.05, 0) is 18.4 Å². The van der Waals surface area contributed by atoms with Gasteiger partial charge in [0.1, 0.15) is 0 Å². The lowest BCUT2D eigenvalue weighted by atomic mass is 9.91. The van der Waals surface area contributed by atoms with Gasteiger partial charge in [-0.3, -0.25) is 9.78 Å². The molecule has 0 aliphatic carbocycles. The molecule has 0 aromatic carbocycles. The van der Waals surface area contributed by atoms with Crippen molar-refractivity contribution in [3.8, 4) is 0 Å². The van der Waals surface area contributed by atoms with E-state index in [1.54, 1.807) is 6.20 Å². The average Bonchev–Trinajstić information content (AvgIpc) is 2.17. The van der Waals surface area contributed by atoms with Crippen molar-refractivity contribution in [2.45, 2.75) is 26.2 Å². The van der Waals surface area contributed by atoms with Crippen LogP contribution in [0.25, 0.3) is 0 Å². The lowest BCUT2D eigenvalue weighted by molar-refractivity contribution is 0.102. The van der Waals surface area contributed by atoms with Crippen LogP contribution in [0.2, 0.25) is 0 Å². The Labute approximate surface area is 95.5 Å². The highest BCUT2D eigenvalue weighted by Gasteiger charge is 2.15. The fourth-order valence-electron chi connectivity index (χ4n) is 1.22. The SMILES string of the molecule is CSCC(=O)c1ccc(C(C)(C)C)nc1. The molecule has 0 N–H and O–H groups in total. The fraction of sp³-hybridized carbons (Fsp3) is 0.500. The summed E-state index contributed by atoms with van der Waals surface area (Å²) in [5.74, 6) is 0.673. The van der Waals surface area contributed by atoms with Crippen molar-refractivity contribution in [2.75, 3.05) is 12.0 Å². The molecule has 0 spiro atoms. The molecule has 0 unspecified atom stereocenters. The number of pyridine rings is 1. The number of Topliss-reactive ketones (excluding diaryl/α,β-unsaturated/α-hetero) is 1. The Morgan fingerprint density at radius 1 is 1.40 bits per heavy atom. The smallest absolute Gasteiger partial charge is 0.174 e. The molecule has 1 aromatic rings. The molecule has 0 aliphatic rings. The van der Waals surface area contributed by atoms with Gasteiger partial charge in [-0.25, -0.2) is 0 Å². The predicted molar refractivity (Wildman–Crippen MR) is 65.6 cm³/mol. The van der Waals surface area contributed by atoms with E-state index >= 15 is 0 Å². The molecule has 0 saturated carbocycles. The summed E-state index contributed by atoms with van der Waals surface area (Å²) in [4.78, 5) is 15.9. The Kier molecular flexibility index (Phi) is 3.91. The van der Waals surface area contributed by atoms with Gasteiger partial charge >= 0.3 is 0 Å². The molecule has 0 radical (unpaired) electrons. The van der Waals surface area contributed by atoms with E-state index in [9.17, 15) is 4.79 Å². The Morgan fingerprint density at radius 2 is 2.07 bits per heavy atom. The zero-order valence-corrected chi connectivity index (χ0v) is 10.5. The zero-order valence-electron chi connectivity index (χ0n) is 9.70. The van der Waals surface area contributed by atoms with Gasteiger partial charge in [0.2, 0.25) is 0 Å². The first-order valence-electron chi connectivity index (χ1n) is 4.94. The number of carbonyl (C=O) groups excluding carboxylic acids is 1. The molecule has 0 aliphatic heterocycles. The van der Waals surface area contributed by atoms with Gasteiger partial charge in [0.15, 0.2) is 5.78 Å². The number of ketones is 1. The number of aromatic nitrogens is 1. The average molecular weight is 223 g/mol. The van der Waals surface area contributed by atoms with E-state index in [-0.39, 0.29) is 11.2 Å². The van der Waals surface area contributed by atoms with Crippen molar-refractivity contribution in [1.82, 2.24) is 4.98 Å². The summed E-state index contributed by atoms with van der Waals surface area (Å²) in [6, 6.07) is 3.81. The molecular weight excluding hydrogens is 206 g/mol. The second-order valence-electron chi connectivity index (χ2n) is 4.54. The van der Waals surface area contributed by atoms with Gasteiger partial charge in [-0.15, -0.1) is 0 Å². The maximum absolute atomic E-state index is 11.5. The highest BCUT2D eigenvalue weighted by atomic mass is 32.2. The molecule has 15 heavy (non-hydrogen) atoms. The van der Waals surface area contributed by atoms with Crippen LogP contribution >= 0.6 is 11.8 Å². The second-order valence-corrected chi connectivity index (χ2v) is 5.40. The van der Waals surface area contributed by atoms with Gasteiger partial charge in [0, 0.05) is 22.9 Å². The molecule has 0 fully saturated rings. The summed E-state index contributed by atoms with van der Waals surface area (Å²) in [5.41, 5.74) is 1.77. The van der Waals surface area contributed by atoms with Crippen molar-refractivity contribution in [3.05, 3.63) is 29.6 Å². The van der Waals surface area contributed by atoms with Crippen molar-refractivity contribution >= 4 is 17.5 Å². The number of thioether (sulfide) groups is 1. The van der Waals surface area contributed by atoms with Crippen LogP contribution in [-0.2, 0) is 5.41 Å². The predicted octanol–water partition coefficient (Wildman–Crippen LogP) is 2.92. The Morgan fingerprint density at radius 3 is 2.47 bits per heavy atom. The number of nitrogens with zero attached hydrogens (tertiary/aromatic N) is 1. The second kappa shape index (κ2) is 4.79. The van der Waals surface area contributed by atoms with Crippen LogP contribution < -0.4 is 0 Å². The zero-order chi connectivity index (χ0) is 11.5. The van der Waals surface area contributed by atoms with Crippen LogP contribution in [0.15, 0.2) is 18.3 Å². The van der Waals surface area contributed by atoms with Crippen molar-refractivity contribution in [3.63, 3.8) is 0 Å². The normalized spacial score (nSPS) is 11.5. The largest absolute Gasteiger partial charge is 0.293 e. The van der Waals surface area contributed by atoms with Crippen LogP contribution in [0, 0.1) is 0 Å². The third kappa shape index (κ3) is 3.34. The number of hydrogen-bond acceptors (Lipinski definition) is 3. The molecule has 0 bridgehead atoms. The lowest BCUT2D eigenvalue weighted by Crippen LogP contribution is -2.14. The molecule has 82 valence electrons. The summed E-state index contributed by atoms with van der Waals surface area (Å²) in [6.45, 7) is 6.33. The Bertz CT molecular complexity index is 338. The molecule has 3 heteroatoms. The van der Waals surface area contributed by atoms with Gasteiger partial charge < -0.3 is 0 Å². The number of rotatable bonds is 3. The van der Waals surface area contributed by atoms with Gasteiger partial charge in [0.05, 0.1) is 5.75 Å². The van der Waals surface area contributed by atoms with E-state index in [1.807, 2.05) is 18.4 Å². The highest BCUT2D eigenvalue weighted by molar-refractivity contribution is 7.99. The molecule has 1 aromatic heterocycles.